The predicted molar refractivity (Wildman–Crippen MR) is 43.9 cm³/mol. The summed E-state index contributed by atoms with van der Waals surface area (Å²) in [5.74, 6) is 0. The quantitative estimate of drug-likeness (QED) is 0.436. The Bertz CT molecular complexity index is 168. The van der Waals surface area contributed by atoms with E-state index >= 15 is 0 Å². The fraction of sp³-hybridized carbons (Fsp3) is 0.500. The highest BCUT2D eigenvalue weighted by atomic mass is 16.3. The summed E-state index contributed by atoms with van der Waals surface area (Å²) in [6.07, 6.45) is 3.89. The molecule has 56 valence electrons. The minimum atomic E-state index is 0.284. The van der Waals surface area contributed by atoms with Gasteiger partial charge in [-0.05, 0) is 26.3 Å². The number of hydrogen-bond donors (Lipinski definition) is 0. The molecule has 0 aromatic rings. The molecule has 2 heteroatoms. The maximum atomic E-state index is 9.88. The molecular weight excluding hydrogens is 126 g/mol. The third-order valence-electron chi connectivity index (χ3n) is 1.52. The van der Waals surface area contributed by atoms with Crippen LogP contribution in [0.25, 0.3) is 0 Å². The lowest BCUT2D eigenvalue weighted by atomic mass is 10.1. The van der Waals surface area contributed by atoms with Crippen molar-refractivity contribution in [2.75, 3.05) is 6.54 Å². The van der Waals surface area contributed by atoms with Crippen molar-refractivity contribution < 1.29 is 0 Å². The molecule has 0 radical (unpaired) electrons. The van der Waals surface area contributed by atoms with Gasteiger partial charge < -0.3 is 0 Å². The first-order valence-electron chi connectivity index (χ1n) is 3.33. The number of nitroso groups, excluding NO2 is 1. The van der Waals surface area contributed by atoms with Gasteiger partial charge in [-0.2, -0.15) is 4.91 Å². The van der Waals surface area contributed by atoms with E-state index in [1.54, 1.807) is 0 Å². The predicted octanol–water partition coefficient (Wildman–Crippen LogP) is 2.67. The van der Waals surface area contributed by atoms with Gasteiger partial charge in [0.2, 0.25) is 0 Å². The lowest BCUT2D eigenvalue weighted by molar-refractivity contribution is 1.11. The van der Waals surface area contributed by atoms with Gasteiger partial charge in [0.05, 0.1) is 0 Å². The average Bonchev–Trinajstić information content (AvgIpc) is 1.99. The molecule has 0 aliphatic rings. The first kappa shape index (κ1) is 9.08. The zero-order chi connectivity index (χ0) is 7.98. The van der Waals surface area contributed by atoms with E-state index in [0.29, 0.717) is 0 Å². The minimum Gasteiger partial charge on any atom is -0.150 e. The van der Waals surface area contributed by atoms with E-state index in [4.69, 9.17) is 0 Å². The van der Waals surface area contributed by atoms with Crippen molar-refractivity contribution in [1.29, 1.82) is 0 Å². The summed E-state index contributed by atoms with van der Waals surface area (Å²) < 4.78 is 0. The highest BCUT2D eigenvalue weighted by Crippen LogP contribution is 2.08. The summed E-state index contributed by atoms with van der Waals surface area (Å²) in [5, 5.41) is 2.82. The number of hydrogen-bond acceptors (Lipinski definition) is 2. The number of rotatable bonds is 3. The summed E-state index contributed by atoms with van der Waals surface area (Å²) in [7, 11) is 0. The fourth-order valence-electron chi connectivity index (χ4n) is 0.699. The van der Waals surface area contributed by atoms with E-state index in [0.717, 1.165) is 11.1 Å². The van der Waals surface area contributed by atoms with E-state index in [-0.39, 0.29) is 6.54 Å². The molecule has 0 aromatic heterocycles. The summed E-state index contributed by atoms with van der Waals surface area (Å²) in [5.41, 5.74) is 2.14. The molecule has 0 bridgehead atoms. The Kier molecular flexibility index (Phi) is 4.46. The van der Waals surface area contributed by atoms with Crippen molar-refractivity contribution in [2.24, 2.45) is 5.18 Å². The third-order valence-corrected chi connectivity index (χ3v) is 1.52. The van der Waals surface area contributed by atoms with E-state index < -0.39 is 0 Å². The van der Waals surface area contributed by atoms with Crippen molar-refractivity contribution in [3.8, 4) is 0 Å². The lowest BCUT2D eigenvalue weighted by Gasteiger charge is -1.99. The van der Waals surface area contributed by atoms with Crippen molar-refractivity contribution in [2.45, 2.75) is 20.8 Å². The van der Waals surface area contributed by atoms with Crippen molar-refractivity contribution in [3.05, 3.63) is 28.2 Å². The van der Waals surface area contributed by atoms with Crippen LogP contribution in [0.2, 0.25) is 0 Å². The van der Waals surface area contributed by atoms with Crippen LogP contribution in [0.5, 0.6) is 0 Å². The van der Waals surface area contributed by atoms with Gasteiger partial charge in [-0.15, -0.1) is 0 Å². The van der Waals surface area contributed by atoms with Gasteiger partial charge in [0.1, 0.15) is 6.54 Å². The zero-order valence-corrected chi connectivity index (χ0v) is 6.72. The molecular formula is C8H13NO. The number of nitrogens with zero attached hydrogens (tertiary/aromatic N) is 1. The second kappa shape index (κ2) is 4.91. The molecule has 0 unspecified atom stereocenters. The van der Waals surface area contributed by atoms with Crippen LogP contribution in [0.1, 0.15) is 20.8 Å². The Morgan fingerprint density at radius 1 is 1.40 bits per heavy atom. The van der Waals surface area contributed by atoms with Crippen LogP contribution in [-0.2, 0) is 0 Å². The first-order chi connectivity index (χ1) is 4.76. The maximum Gasteiger partial charge on any atom is 0.106 e. The zero-order valence-electron chi connectivity index (χ0n) is 6.72. The van der Waals surface area contributed by atoms with Crippen molar-refractivity contribution >= 4 is 0 Å². The van der Waals surface area contributed by atoms with Crippen LogP contribution >= 0.6 is 0 Å². The van der Waals surface area contributed by atoms with Crippen LogP contribution in [0.4, 0.5) is 0 Å². The molecule has 0 saturated carbocycles. The summed E-state index contributed by atoms with van der Waals surface area (Å²) >= 11 is 0. The van der Waals surface area contributed by atoms with Crippen LogP contribution in [-0.4, -0.2) is 6.54 Å². The van der Waals surface area contributed by atoms with Gasteiger partial charge in [0, 0.05) is 0 Å². The Hall–Kier alpha value is -0.920. The first-order valence-corrected chi connectivity index (χ1v) is 3.33. The largest absolute Gasteiger partial charge is 0.150 e. The monoisotopic (exact) mass is 139 g/mol. The topological polar surface area (TPSA) is 29.4 Å². The fourth-order valence-corrected chi connectivity index (χ4v) is 0.699. The lowest BCUT2D eigenvalue weighted by Crippen LogP contribution is -1.88. The third kappa shape index (κ3) is 2.58. The smallest absolute Gasteiger partial charge is 0.106 e. The van der Waals surface area contributed by atoms with Gasteiger partial charge in [-0.3, -0.25) is 0 Å². The molecule has 0 spiro atoms. The Labute approximate surface area is 61.6 Å². The highest BCUT2D eigenvalue weighted by Gasteiger charge is 1.95. The van der Waals surface area contributed by atoms with E-state index in [1.807, 2.05) is 32.9 Å². The molecule has 0 atom stereocenters. The highest BCUT2D eigenvalue weighted by molar-refractivity contribution is 5.29. The normalized spacial score (nSPS) is 13.5. The molecule has 0 saturated heterocycles. The maximum absolute atomic E-state index is 9.88. The molecule has 2 nitrogen and oxygen atoms in total. The average molecular weight is 139 g/mol. The van der Waals surface area contributed by atoms with Gasteiger partial charge in [-0.1, -0.05) is 22.9 Å². The molecule has 0 rings (SSSR count). The van der Waals surface area contributed by atoms with Crippen molar-refractivity contribution in [3.63, 3.8) is 0 Å². The SMILES string of the molecule is C/C=C(C)\C(=C/C)CN=O. The molecule has 0 heterocycles. The number of allylic oxidation sites excluding steroid dienone is 2. The Morgan fingerprint density at radius 2 is 2.00 bits per heavy atom. The molecule has 0 fully saturated rings. The second-order valence-electron chi connectivity index (χ2n) is 2.07. The molecule has 0 aliphatic heterocycles. The minimum absolute atomic E-state index is 0.284. The Morgan fingerprint density at radius 3 is 2.30 bits per heavy atom. The molecule has 0 N–H and O–H groups in total. The summed E-state index contributed by atoms with van der Waals surface area (Å²) in [4.78, 5) is 9.88. The Balaban J connectivity index is 4.22. The molecule has 10 heavy (non-hydrogen) atoms. The van der Waals surface area contributed by atoms with Gasteiger partial charge in [0.25, 0.3) is 0 Å². The molecule has 0 amide bonds. The van der Waals surface area contributed by atoms with Crippen LogP contribution in [0, 0.1) is 4.91 Å². The van der Waals surface area contributed by atoms with E-state index in [2.05, 4.69) is 5.18 Å². The van der Waals surface area contributed by atoms with Gasteiger partial charge in [0.15, 0.2) is 0 Å². The van der Waals surface area contributed by atoms with Gasteiger partial charge in [-0.25, -0.2) is 0 Å². The van der Waals surface area contributed by atoms with E-state index in [9.17, 15) is 4.91 Å². The summed E-state index contributed by atoms with van der Waals surface area (Å²) in [6, 6.07) is 0. The van der Waals surface area contributed by atoms with E-state index in [1.165, 1.54) is 0 Å². The van der Waals surface area contributed by atoms with Crippen molar-refractivity contribution in [1.82, 2.24) is 0 Å². The van der Waals surface area contributed by atoms with Crippen LogP contribution in [0.15, 0.2) is 28.5 Å². The molecule has 0 aromatic carbocycles. The molecule has 0 aliphatic carbocycles. The van der Waals surface area contributed by atoms with Gasteiger partial charge >= 0.3 is 0 Å². The van der Waals surface area contributed by atoms with Crippen LogP contribution < -0.4 is 0 Å². The second-order valence-corrected chi connectivity index (χ2v) is 2.07. The standard InChI is InChI=1S/C8H13NO/c1-4-7(3)8(5-2)6-9-10/h4-5H,6H2,1-3H3/b7-4-,8-5-. The van der Waals surface area contributed by atoms with Crippen LogP contribution in [0.3, 0.4) is 0 Å². The summed E-state index contributed by atoms with van der Waals surface area (Å²) in [6.45, 7) is 6.12.